The van der Waals surface area contributed by atoms with Crippen molar-refractivity contribution in [1.29, 1.82) is 0 Å². The molecule has 0 fully saturated rings. The van der Waals surface area contributed by atoms with E-state index in [9.17, 15) is 4.79 Å². The molecule has 0 radical (unpaired) electrons. The predicted molar refractivity (Wildman–Crippen MR) is 82.8 cm³/mol. The van der Waals surface area contributed by atoms with Crippen LogP contribution in [0.5, 0.6) is 0 Å². The van der Waals surface area contributed by atoms with Crippen LogP contribution in [0.3, 0.4) is 0 Å². The van der Waals surface area contributed by atoms with Gasteiger partial charge in [-0.3, -0.25) is 10.2 Å². The minimum atomic E-state index is -0.207. The van der Waals surface area contributed by atoms with E-state index in [1.807, 2.05) is 30.8 Å². The van der Waals surface area contributed by atoms with Crippen molar-refractivity contribution < 1.29 is 4.79 Å². The number of nitrogens with two attached hydrogens (primary N) is 1. The van der Waals surface area contributed by atoms with Crippen LogP contribution in [0.1, 0.15) is 44.7 Å². The average molecular weight is 280 g/mol. The molecule has 1 rings (SSSR count). The number of carbonyl (C=O) groups is 1. The zero-order valence-corrected chi connectivity index (χ0v) is 13.0. The number of rotatable bonds is 6. The third-order valence-electron chi connectivity index (χ3n) is 3.47. The Hall–Kier alpha value is -1.00. The quantitative estimate of drug-likeness (QED) is 0.478. The molecule has 0 bridgehead atoms. The van der Waals surface area contributed by atoms with Gasteiger partial charge in [0.05, 0.1) is 5.92 Å². The monoisotopic (exact) mass is 280 g/mol. The minimum Gasteiger partial charge on any atom is -0.294 e. The molecule has 1 aromatic rings. The molecule has 4 heteroatoms. The molecule has 0 aliphatic carbocycles. The van der Waals surface area contributed by atoms with E-state index in [2.05, 4.69) is 38.3 Å². The van der Waals surface area contributed by atoms with Gasteiger partial charge in [-0.1, -0.05) is 45.0 Å². The Morgan fingerprint density at radius 3 is 2.26 bits per heavy atom. The molecule has 0 aliphatic rings. The summed E-state index contributed by atoms with van der Waals surface area (Å²) in [5.74, 6) is 6.49. The zero-order valence-electron chi connectivity index (χ0n) is 12.1. The lowest BCUT2D eigenvalue weighted by molar-refractivity contribution is -0.122. The van der Waals surface area contributed by atoms with E-state index in [4.69, 9.17) is 5.84 Å². The Balaban J connectivity index is 2.59. The standard InChI is InChI=1S/C15H24N2OS/c1-10(2)12(4)19-9-13-5-7-14(8-6-13)11(3)15(18)17-16/h5-8,10-12H,9,16H2,1-4H3,(H,17,18). The third-order valence-corrected chi connectivity index (χ3v) is 5.04. The van der Waals surface area contributed by atoms with E-state index < -0.39 is 0 Å². The summed E-state index contributed by atoms with van der Waals surface area (Å²) in [5, 5.41) is 0.654. The minimum absolute atomic E-state index is 0.157. The van der Waals surface area contributed by atoms with Crippen LogP contribution in [0.25, 0.3) is 0 Å². The molecule has 19 heavy (non-hydrogen) atoms. The molecule has 0 aromatic heterocycles. The Morgan fingerprint density at radius 1 is 1.21 bits per heavy atom. The molecule has 3 N–H and O–H groups in total. The number of carbonyl (C=O) groups excluding carboxylic acids is 1. The summed E-state index contributed by atoms with van der Waals surface area (Å²) < 4.78 is 0. The van der Waals surface area contributed by atoms with E-state index in [-0.39, 0.29) is 11.8 Å². The van der Waals surface area contributed by atoms with Crippen molar-refractivity contribution in [3.05, 3.63) is 35.4 Å². The Kier molecular flexibility index (Phi) is 6.38. The van der Waals surface area contributed by atoms with Gasteiger partial charge in [0.1, 0.15) is 0 Å². The average Bonchev–Trinajstić information content (AvgIpc) is 2.43. The first-order valence-corrected chi connectivity index (χ1v) is 7.71. The van der Waals surface area contributed by atoms with Crippen LogP contribution in [0, 0.1) is 5.92 Å². The second-order valence-corrected chi connectivity index (χ2v) is 6.60. The van der Waals surface area contributed by atoms with Crippen LogP contribution >= 0.6 is 11.8 Å². The molecule has 0 saturated carbocycles. The van der Waals surface area contributed by atoms with Crippen LogP contribution < -0.4 is 11.3 Å². The maximum absolute atomic E-state index is 11.4. The summed E-state index contributed by atoms with van der Waals surface area (Å²) in [5.41, 5.74) is 4.47. The Bertz CT molecular complexity index is 403. The summed E-state index contributed by atoms with van der Waals surface area (Å²) in [7, 11) is 0. The highest BCUT2D eigenvalue weighted by molar-refractivity contribution is 7.99. The highest BCUT2D eigenvalue weighted by Crippen LogP contribution is 2.24. The maximum Gasteiger partial charge on any atom is 0.241 e. The van der Waals surface area contributed by atoms with Crippen LogP contribution in [-0.4, -0.2) is 11.2 Å². The van der Waals surface area contributed by atoms with Crippen LogP contribution in [0.15, 0.2) is 24.3 Å². The van der Waals surface area contributed by atoms with Gasteiger partial charge in [0.2, 0.25) is 5.91 Å². The molecule has 0 heterocycles. The highest BCUT2D eigenvalue weighted by atomic mass is 32.2. The first-order valence-electron chi connectivity index (χ1n) is 6.66. The molecule has 106 valence electrons. The van der Waals surface area contributed by atoms with Crippen molar-refractivity contribution in [1.82, 2.24) is 5.43 Å². The number of nitrogens with one attached hydrogen (secondary N) is 1. The summed E-state index contributed by atoms with van der Waals surface area (Å²) in [6.07, 6.45) is 0. The van der Waals surface area contributed by atoms with Crippen molar-refractivity contribution in [3.63, 3.8) is 0 Å². The van der Waals surface area contributed by atoms with Gasteiger partial charge in [-0.2, -0.15) is 11.8 Å². The fraction of sp³-hybridized carbons (Fsp3) is 0.533. The Morgan fingerprint density at radius 2 is 1.79 bits per heavy atom. The highest BCUT2D eigenvalue weighted by Gasteiger charge is 2.13. The van der Waals surface area contributed by atoms with Gasteiger partial charge in [0, 0.05) is 11.0 Å². The fourth-order valence-corrected chi connectivity index (χ4v) is 2.63. The smallest absolute Gasteiger partial charge is 0.241 e. The van der Waals surface area contributed by atoms with E-state index >= 15 is 0 Å². The normalized spacial score (nSPS) is 14.2. The topological polar surface area (TPSA) is 55.1 Å². The lowest BCUT2D eigenvalue weighted by Gasteiger charge is -2.15. The van der Waals surface area contributed by atoms with Crippen molar-refractivity contribution in [2.75, 3.05) is 0 Å². The van der Waals surface area contributed by atoms with Gasteiger partial charge < -0.3 is 0 Å². The van der Waals surface area contributed by atoms with E-state index in [1.165, 1.54) is 5.56 Å². The fourth-order valence-electron chi connectivity index (χ4n) is 1.60. The van der Waals surface area contributed by atoms with Gasteiger partial charge in [-0.15, -0.1) is 0 Å². The maximum atomic E-state index is 11.4. The Labute approximate surface area is 120 Å². The molecule has 0 spiro atoms. The molecule has 0 aliphatic heterocycles. The van der Waals surface area contributed by atoms with Crippen molar-refractivity contribution in [2.24, 2.45) is 11.8 Å². The molecule has 1 amide bonds. The SMILES string of the molecule is CC(C(=O)NN)c1ccc(CSC(C)C(C)C)cc1. The van der Waals surface area contributed by atoms with Crippen molar-refractivity contribution in [2.45, 2.75) is 44.6 Å². The molecule has 2 atom stereocenters. The predicted octanol–water partition coefficient (Wildman–Crippen LogP) is 3.06. The molecule has 1 aromatic carbocycles. The van der Waals surface area contributed by atoms with Gasteiger partial charge in [0.15, 0.2) is 0 Å². The number of thioether (sulfide) groups is 1. The largest absolute Gasteiger partial charge is 0.294 e. The lowest BCUT2D eigenvalue weighted by Crippen LogP contribution is -2.33. The van der Waals surface area contributed by atoms with Crippen molar-refractivity contribution in [3.8, 4) is 0 Å². The van der Waals surface area contributed by atoms with Crippen LogP contribution in [0.2, 0.25) is 0 Å². The van der Waals surface area contributed by atoms with E-state index in [0.717, 1.165) is 11.3 Å². The molecular weight excluding hydrogens is 256 g/mol. The number of hydrogen-bond donors (Lipinski definition) is 2. The third kappa shape index (κ3) is 4.88. The first-order chi connectivity index (χ1) is 8.95. The van der Waals surface area contributed by atoms with Crippen LogP contribution in [-0.2, 0) is 10.5 Å². The molecular formula is C15H24N2OS. The molecule has 3 nitrogen and oxygen atoms in total. The van der Waals surface area contributed by atoms with Crippen molar-refractivity contribution >= 4 is 17.7 Å². The van der Waals surface area contributed by atoms with Gasteiger partial charge in [0.25, 0.3) is 0 Å². The second-order valence-electron chi connectivity index (χ2n) is 5.23. The number of hydrazine groups is 1. The lowest BCUT2D eigenvalue weighted by atomic mass is 9.99. The second kappa shape index (κ2) is 7.56. The van der Waals surface area contributed by atoms with Crippen LogP contribution in [0.4, 0.5) is 0 Å². The van der Waals surface area contributed by atoms with Gasteiger partial charge in [-0.25, -0.2) is 5.84 Å². The molecule has 0 saturated heterocycles. The number of amides is 1. The van der Waals surface area contributed by atoms with Gasteiger partial charge >= 0.3 is 0 Å². The number of hydrogen-bond acceptors (Lipinski definition) is 3. The summed E-state index contributed by atoms with van der Waals surface area (Å²) in [6.45, 7) is 8.60. The summed E-state index contributed by atoms with van der Waals surface area (Å²) >= 11 is 1.96. The summed E-state index contributed by atoms with van der Waals surface area (Å²) in [6, 6.07) is 8.21. The summed E-state index contributed by atoms with van der Waals surface area (Å²) in [4.78, 5) is 11.4. The zero-order chi connectivity index (χ0) is 14.4. The first kappa shape index (κ1) is 16.1. The molecule has 2 unspecified atom stereocenters. The number of benzene rings is 1. The van der Waals surface area contributed by atoms with E-state index in [1.54, 1.807) is 0 Å². The van der Waals surface area contributed by atoms with E-state index in [0.29, 0.717) is 11.2 Å². The van der Waals surface area contributed by atoms with Gasteiger partial charge in [-0.05, 0) is 24.0 Å².